The average molecular weight is 621 g/mol. The molecular formula is C31H31Cl2N7O3. The Labute approximate surface area is 258 Å². The molecule has 0 fully saturated rings. The Hall–Kier alpha value is -4.67. The number of aryl methyl sites for hydroxylation is 2. The van der Waals surface area contributed by atoms with Gasteiger partial charge in [0.25, 0.3) is 17.7 Å². The number of carbonyl (C=O) groups excluding carboxylic acids is 3. The van der Waals surface area contributed by atoms with Crippen LogP contribution in [0.15, 0.2) is 79.3 Å². The molecular weight excluding hydrogens is 589 g/mol. The smallest absolute Gasteiger partial charge is 0.272 e. The van der Waals surface area contributed by atoms with Crippen molar-refractivity contribution in [2.45, 2.75) is 0 Å². The second kappa shape index (κ2) is 13.1. The van der Waals surface area contributed by atoms with E-state index in [2.05, 4.69) is 25.8 Å². The summed E-state index contributed by atoms with van der Waals surface area (Å²) in [6.07, 6.45) is 5.17. The van der Waals surface area contributed by atoms with Crippen LogP contribution in [0.2, 0.25) is 0 Å². The minimum atomic E-state index is -0.388. The van der Waals surface area contributed by atoms with Gasteiger partial charge in [-0.3, -0.25) is 14.4 Å². The number of hydrogen-bond acceptors (Lipinski definition) is 4. The monoisotopic (exact) mass is 619 g/mol. The van der Waals surface area contributed by atoms with E-state index in [9.17, 15) is 14.4 Å². The third kappa shape index (κ3) is 6.87. The largest absolute Gasteiger partial charge is 0.369 e. The minimum absolute atomic E-state index is 0.306. The number of aromatic nitrogens is 3. The Morgan fingerprint density at radius 1 is 0.721 bits per heavy atom. The first-order valence-corrected chi connectivity index (χ1v) is 14.6. The van der Waals surface area contributed by atoms with Gasteiger partial charge >= 0.3 is 0 Å². The van der Waals surface area contributed by atoms with Crippen LogP contribution in [0.4, 0.5) is 22.7 Å². The number of anilines is 4. The lowest BCUT2D eigenvalue weighted by Gasteiger charge is -2.22. The molecule has 4 N–H and O–H groups in total. The Morgan fingerprint density at radius 2 is 1.28 bits per heavy atom. The van der Waals surface area contributed by atoms with Crippen molar-refractivity contribution in [2.24, 2.45) is 14.1 Å². The summed E-state index contributed by atoms with van der Waals surface area (Å²) in [5.41, 5.74) is 4.61. The topological polar surface area (TPSA) is 116 Å². The molecule has 5 aromatic rings. The van der Waals surface area contributed by atoms with Crippen LogP contribution in [0.5, 0.6) is 0 Å². The Kier molecular flexibility index (Phi) is 9.08. The normalized spacial score (nSPS) is 11.0. The average Bonchev–Trinajstić information content (AvgIpc) is 3.70. The maximum atomic E-state index is 13.1. The second-order valence-corrected chi connectivity index (χ2v) is 10.8. The first kappa shape index (κ1) is 29.8. The molecule has 0 aliphatic rings. The van der Waals surface area contributed by atoms with Crippen molar-refractivity contribution in [1.82, 2.24) is 14.1 Å². The summed E-state index contributed by atoms with van der Waals surface area (Å²) in [5, 5.41) is 9.62. The first-order chi connectivity index (χ1) is 20.7. The van der Waals surface area contributed by atoms with E-state index in [4.69, 9.17) is 23.2 Å². The van der Waals surface area contributed by atoms with Crippen molar-refractivity contribution in [1.29, 1.82) is 0 Å². The molecule has 0 saturated heterocycles. The van der Waals surface area contributed by atoms with Gasteiger partial charge in [-0.1, -0.05) is 6.07 Å². The standard InChI is InChI=1S/C31H31Cl2N7O3/c1-38-18-23(36-29(41)21-4-7-25(8-5-21)40(13-10-32)14-11-33)16-28(38)31(43)37-24-17-27(39(2)19-24)30(42)35-22-6-3-20-9-12-34-26(20)15-22/h3-9,12,15-19,34H,10-11,13-14H2,1-2H3,(H,35,42)(H,36,41)(H,37,43). The van der Waals surface area contributed by atoms with Crippen molar-refractivity contribution >= 4 is 74.6 Å². The van der Waals surface area contributed by atoms with Gasteiger partial charge in [0.1, 0.15) is 11.4 Å². The summed E-state index contributed by atoms with van der Waals surface area (Å²) in [6.45, 7) is 1.30. The summed E-state index contributed by atoms with van der Waals surface area (Å²) >= 11 is 11.8. The summed E-state index contributed by atoms with van der Waals surface area (Å²) in [7, 11) is 3.45. The van der Waals surface area contributed by atoms with Gasteiger partial charge in [-0.25, -0.2) is 0 Å². The zero-order valence-electron chi connectivity index (χ0n) is 23.7. The molecule has 43 heavy (non-hydrogen) atoms. The number of amides is 3. The van der Waals surface area contributed by atoms with Crippen LogP contribution in [-0.4, -0.2) is 56.7 Å². The lowest BCUT2D eigenvalue weighted by molar-refractivity contribution is 0.101. The lowest BCUT2D eigenvalue weighted by Crippen LogP contribution is -2.27. The number of benzene rings is 2. The Morgan fingerprint density at radius 3 is 1.86 bits per heavy atom. The molecule has 0 saturated carbocycles. The maximum Gasteiger partial charge on any atom is 0.272 e. The minimum Gasteiger partial charge on any atom is -0.369 e. The van der Waals surface area contributed by atoms with Crippen molar-refractivity contribution < 1.29 is 14.4 Å². The molecule has 0 aliphatic heterocycles. The molecule has 3 amide bonds. The van der Waals surface area contributed by atoms with Gasteiger partial charge < -0.3 is 35.0 Å². The number of nitrogens with zero attached hydrogens (tertiary/aromatic N) is 3. The molecule has 0 spiro atoms. The number of aromatic amines is 1. The molecule has 12 heteroatoms. The Bertz CT molecular complexity index is 1770. The third-order valence-corrected chi connectivity index (χ3v) is 7.35. The quantitative estimate of drug-likeness (QED) is 0.138. The van der Waals surface area contributed by atoms with Gasteiger partial charge in [0.15, 0.2) is 0 Å². The van der Waals surface area contributed by atoms with E-state index in [1.54, 1.807) is 59.9 Å². The summed E-state index contributed by atoms with van der Waals surface area (Å²) in [6, 6.07) is 18.0. The van der Waals surface area contributed by atoms with Crippen LogP contribution in [0.25, 0.3) is 10.9 Å². The number of fused-ring (bicyclic) bond motifs is 1. The number of alkyl halides is 2. The highest BCUT2D eigenvalue weighted by Crippen LogP contribution is 2.22. The molecule has 3 heterocycles. The highest BCUT2D eigenvalue weighted by atomic mass is 35.5. The molecule has 0 radical (unpaired) electrons. The van der Waals surface area contributed by atoms with Crippen molar-refractivity contribution in [3.05, 3.63) is 96.2 Å². The van der Waals surface area contributed by atoms with Gasteiger partial charge in [-0.2, -0.15) is 0 Å². The fourth-order valence-electron chi connectivity index (χ4n) is 4.83. The van der Waals surface area contributed by atoms with E-state index in [-0.39, 0.29) is 17.7 Å². The van der Waals surface area contributed by atoms with E-state index in [1.807, 2.05) is 42.6 Å². The zero-order chi connectivity index (χ0) is 30.5. The predicted molar refractivity (Wildman–Crippen MR) is 173 cm³/mol. The zero-order valence-corrected chi connectivity index (χ0v) is 25.2. The molecule has 0 aliphatic carbocycles. The van der Waals surface area contributed by atoms with E-state index in [0.717, 1.165) is 16.6 Å². The van der Waals surface area contributed by atoms with Gasteiger partial charge in [-0.15, -0.1) is 23.2 Å². The van der Waals surface area contributed by atoms with Crippen molar-refractivity contribution in [2.75, 3.05) is 45.7 Å². The fourth-order valence-corrected chi connectivity index (χ4v) is 5.24. The second-order valence-electron chi connectivity index (χ2n) is 10.0. The van der Waals surface area contributed by atoms with Crippen LogP contribution in [0.3, 0.4) is 0 Å². The number of H-pyrrole nitrogens is 1. The van der Waals surface area contributed by atoms with Crippen LogP contribution in [-0.2, 0) is 14.1 Å². The number of carbonyl (C=O) groups is 3. The van der Waals surface area contributed by atoms with E-state index >= 15 is 0 Å². The van der Waals surface area contributed by atoms with Gasteiger partial charge in [0.2, 0.25) is 0 Å². The van der Waals surface area contributed by atoms with Gasteiger partial charge in [0, 0.05) is 80.0 Å². The molecule has 0 unspecified atom stereocenters. The number of hydrogen-bond donors (Lipinski definition) is 4. The highest BCUT2D eigenvalue weighted by molar-refractivity contribution is 6.18. The molecule has 0 atom stereocenters. The van der Waals surface area contributed by atoms with Crippen LogP contribution in [0.1, 0.15) is 31.3 Å². The van der Waals surface area contributed by atoms with Crippen molar-refractivity contribution in [3.63, 3.8) is 0 Å². The molecule has 3 aromatic heterocycles. The van der Waals surface area contributed by atoms with E-state index in [1.165, 1.54) is 0 Å². The van der Waals surface area contributed by atoms with Crippen LogP contribution in [0, 0.1) is 0 Å². The highest BCUT2D eigenvalue weighted by Gasteiger charge is 2.18. The molecule has 222 valence electrons. The van der Waals surface area contributed by atoms with Gasteiger partial charge in [0.05, 0.1) is 11.4 Å². The van der Waals surface area contributed by atoms with Crippen LogP contribution < -0.4 is 20.9 Å². The van der Waals surface area contributed by atoms with Gasteiger partial charge in [-0.05, 0) is 60.0 Å². The molecule has 5 rings (SSSR count). The predicted octanol–water partition coefficient (Wildman–Crippen LogP) is 5.89. The fraction of sp³-hybridized carbons (Fsp3) is 0.194. The number of rotatable bonds is 11. The SMILES string of the molecule is Cn1cc(NC(=O)c2ccc(N(CCCl)CCCl)cc2)cc1C(=O)Nc1cc(C(=O)Nc2ccc3cc[nH]c3c2)n(C)c1. The molecule has 10 nitrogen and oxygen atoms in total. The summed E-state index contributed by atoms with van der Waals surface area (Å²) < 4.78 is 3.27. The summed E-state index contributed by atoms with van der Waals surface area (Å²) in [5.74, 6) is -0.0669. The number of halogens is 2. The molecule has 2 aromatic carbocycles. The number of nitrogens with one attached hydrogen (secondary N) is 4. The van der Waals surface area contributed by atoms with E-state index < -0.39 is 0 Å². The maximum absolute atomic E-state index is 13.1. The third-order valence-electron chi connectivity index (χ3n) is 7.01. The lowest BCUT2D eigenvalue weighted by atomic mass is 10.1. The van der Waals surface area contributed by atoms with E-state index in [0.29, 0.717) is 58.9 Å². The Balaban J connectivity index is 1.21. The van der Waals surface area contributed by atoms with Crippen molar-refractivity contribution in [3.8, 4) is 0 Å². The summed E-state index contributed by atoms with van der Waals surface area (Å²) in [4.78, 5) is 44.1. The van der Waals surface area contributed by atoms with Crippen LogP contribution >= 0.6 is 23.2 Å². The first-order valence-electron chi connectivity index (χ1n) is 13.6. The molecule has 0 bridgehead atoms.